The monoisotopic (exact) mass is 314 g/mol. The van der Waals surface area contributed by atoms with Crippen LogP contribution in [-0.4, -0.2) is 15.2 Å². The Balaban J connectivity index is 1.82. The molecule has 0 atom stereocenters. The van der Waals surface area contributed by atoms with Gasteiger partial charge in [0.15, 0.2) is 5.69 Å². The number of H-pyrrole nitrogens is 1. The summed E-state index contributed by atoms with van der Waals surface area (Å²) in [4.78, 5) is 4.62. The summed E-state index contributed by atoms with van der Waals surface area (Å²) in [6.45, 7) is 0. The van der Waals surface area contributed by atoms with Gasteiger partial charge >= 0.3 is 0 Å². The summed E-state index contributed by atoms with van der Waals surface area (Å²) in [6.07, 6.45) is 7.01. The molecule has 1 saturated carbocycles. The Hall–Kier alpha value is -2.93. The van der Waals surface area contributed by atoms with Gasteiger partial charge in [-0.2, -0.15) is 10.4 Å². The number of pyridine rings is 1. The molecule has 24 heavy (non-hydrogen) atoms. The highest BCUT2D eigenvalue weighted by Crippen LogP contribution is 2.40. The molecule has 0 amide bonds. The number of aromatic amines is 1. The van der Waals surface area contributed by atoms with E-state index in [4.69, 9.17) is 5.26 Å². The summed E-state index contributed by atoms with van der Waals surface area (Å²) in [7, 11) is 0. The standard InChI is InChI=1S/C20H18N4/c21-12-16-10-20(24-23-16)19-11-17(14-8-4-5-9-14)18(13-22-19)15-6-2-1-3-7-15/h1-3,6-7,10-11,13-14H,4-5,8-9H2,(H,23,24). The molecule has 0 aliphatic heterocycles. The van der Waals surface area contributed by atoms with Crippen molar-refractivity contribution in [2.24, 2.45) is 0 Å². The molecule has 4 heteroatoms. The molecule has 1 aliphatic carbocycles. The Morgan fingerprint density at radius 2 is 1.88 bits per heavy atom. The maximum absolute atomic E-state index is 8.96. The molecule has 0 saturated heterocycles. The molecule has 0 spiro atoms. The van der Waals surface area contributed by atoms with Crippen LogP contribution in [0.2, 0.25) is 0 Å². The Morgan fingerprint density at radius 1 is 1.08 bits per heavy atom. The minimum Gasteiger partial charge on any atom is -0.275 e. The average molecular weight is 314 g/mol. The third-order valence-corrected chi connectivity index (χ3v) is 4.78. The zero-order chi connectivity index (χ0) is 16.4. The van der Waals surface area contributed by atoms with Crippen LogP contribution >= 0.6 is 0 Å². The predicted octanol–water partition coefficient (Wildman–Crippen LogP) is 4.67. The fourth-order valence-electron chi connectivity index (χ4n) is 3.56. The van der Waals surface area contributed by atoms with Crippen molar-refractivity contribution in [3.05, 3.63) is 59.9 Å². The van der Waals surface area contributed by atoms with Gasteiger partial charge in [-0.3, -0.25) is 10.1 Å². The van der Waals surface area contributed by atoms with Crippen LogP contribution < -0.4 is 0 Å². The van der Waals surface area contributed by atoms with Gasteiger partial charge in [-0.1, -0.05) is 43.2 Å². The van der Waals surface area contributed by atoms with Crippen molar-refractivity contribution in [2.45, 2.75) is 31.6 Å². The van der Waals surface area contributed by atoms with E-state index < -0.39 is 0 Å². The van der Waals surface area contributed by atoms with Crippen molar-refractivity contribution in [1.82, 2.24) is 15.2 Å². The number of benzene rings is 1. The van der Waals surface area contributed by atoms with Gasteiger partial charge in [-0.05, 0) is 36.0 Å². The van der Waals surface area contributed by atoms with Crippen molar-refractivity contribution in [3.8, 4) is 28.6 Å². The summed E-state index contributed by atoms with van der Waals surface area (Å²) in [5.74, 6) is 0.584. The number of nitrogens with one attached hydrogen (secondary N) is 1. The quantitative estimate of drug-likeness (QED) is 0.764. The minimum absolute atomic E-state index is 0.390. The Labute approximate surface area is 141 Å². The van der Waals surface area contributed by atoms with Crippen molar-refractivity contribution < 1.29 is 0 Å². The lowest BCUT2D eigenvalue weighted by Gasteiger charge is -2.16. The van der Waals surface area contributed by atoms with Crippen LogP contribution in [0.15, 0.2) is 48.7 Å². The summed E-state index contributed by atoms with van der Waals surface area (Å²) >= 11 is 0. The lowest BCUT2D eigenvalue weighted by molar-refractivity contribution is 0.724. The molecule has 2 aromatic heterocycles. The highest BCUT2D eigenvalue weighted by atomic mass is 15.1. The number of hydrogen-bond acceptors (Lipinski definition) is 3. The normalized spacial score (nSPS) is 14.6. The molecule has 0 unspecified atom stereocenters. The predicted molar refractivity (Wildman–Crippen MR) is 93.2 cm³/mol. The van der Waals surface area contributed by atoms with Gasteiger partial charge in [0.05, 0.1) is 11.4 Å². The summed E-state index contributed by atoms with van der Waals surface area (Å²) in [5, 5.41) is 15.9. The number of hydrogen-bond donors (Lipinski definition) is 1. The Morgan fingerprint density at radius 3 is 2.58 bits per heavy atom. The number of rotatable bonds is 3. The van der Waals surface area contributed by atoms with Gasteiger partial charge in [-0.25, -0.2) is 0 Å². The SMILES string of the molecule is N#Cc1cc(-c2cc(C3CCCC3)c(-c3ccccc3)cn2)[nH]n1. The van der Waals surface area contributed by atoms with E-state index in [0.29, 0.717) is 11.6 Å². The molecule has 0 bridgehead atoms. The van der Waals surface area contributed by atoms with E-state index in [-0.39, 0.29) is 0 Å². The first kappa shape index (κ1) is 14.6. The van der Waals surface area contributed by atoms with E-state index in [1.807, 2.05) is 12.3 Å². The van der Waals surface area contributed by atoms with Gasteiger partial charge in [0.1, 0.15) is 6.07 Å². The first-order valence-electron chi connectivity index (χ1n) is 8.36. The second-order valence-corrected chi connectivity index (χ2v) is 6.28. The van der Waals surface area contributed by atoms with E-state index in [1.165, 1.54) is 42.4 Å². The lowest BCUT2D eigenvalue weighted by Crippen LogP contribution is -1.99. The molecular formula is C20H18N4. The molecule has 4 nitrogen and oxygen atoms in total. The van der Waals surface area contributed by atoms with Gasteiger partial charge in [-0.15, -0.1) is 0 Å². The van der Waals surface area contributed by atoms with Crippen LogP contribution in [0.4, 0.5) is 0 Å². The molecule has 2 heterocycles. The molecule has 3 aromatic rings. The van der Waals surface area contributed by atoms with Gasteiger partial charge in [0.2, 0.25) is 0 Å². The fourth-order valence-corrected chi connectivity index (χ4v) is 3.56. The average Bonchev–Trinajstić information content (AvgIpc) is 3.34. The first-order chi connectivity index (χ1) is 11.8. The van der Waals surface area contributed by atoms with Gasteiger partial charge in [0.25, 0.3) is 0 Å². The highest BCUT2D eigenvalue weighted by Gasteiger charge is 2.22. The summed E-state index contributed by atoms with van der Waals surface area (Å²) in [5.41, 5.74) is 5.82. The molecule has 0 radical (unpaired) electrons. The van der Waals surface area contributed by atoms with Crippen LogP contribution in [0.25, 0.3) is 22.5 Å². The Kier molecular flexibility index (Phi) is 3.84. The molecule has 1 aliphatic rings. The Bertz CT molecular complexity index is 884. The van der Waals surface area contributed by atoms with Crippen LogP contribution in [0.3, 0.4) is 0 Å². The number of aromatic nitrogens is 3. The van der Waals surface area contributed by atoms with Crippen LogP contribution in [0.5, 0.6) is 0 Å². The third-order valence-electron chi connectivity index (χ3n) is 4.78. The van der Waals surface area contributed by atoms with E-state index in [2.05, 4.69) is 51.6 Å². The van der Waals surface area contributed by atoms with Crippen LogP contribution in [0.1, 0.15) is 42.9 Å². The number of nitrogens with zero attached hydrogens (tertiary/aromatic N) is 3. The van der Waals surface area contributed by atoms with Crippen LogP contribution in [-0.2, 0) is 0 Å². The van der Waals surface area contributed by atoms with Gasteiger partial charge in [0, 0.05) is 17.8 Å². The topological polar surface area (TPSA) is 65.4 Å². The molecule has 118 valence electrons. The van der Waals surface area contributed by atoms with E-state index >= 15 is 0 Å². The minimum atomic E-state index is 0.390. The van der Waals surface area contributed by atoms with Crippen molar-refractivity contribution in [1.29, 1.82) is 5.26 Å². The molecule has 1 N–H and O–H groups in total. The van der Waals surface area contributed by atoms with Crippen molar-refractivity contribution >= 4 is 0 Å². The van der Waals surface area contributed by atoms with Gasteiger partial charge < -0.3 is 0 Å². The molecule has 1 fully saturated rings. The second-order valence-electron chi connectivity index (χ2n) is 6.28. The lowest BCUT2D eigenvalue weighted by atomic mass is 9.90. The molecule has 1 aromatic carbocycles. The molecule has 4 rings (SSSR count). The maximum Gasteiger partial charge on any atom is 0.162 e. The highest BCUT2D eigenvalue weighted by molar-refractivity contribution is 5.70. The zero-order valence-electron chi connectivity index (χ0n) is 13.4. The number of nitriles is 1. The smallest absolute Gasteiger partial charge is 0.162 e. The van der Waals surface area contributed by atoms with Crippen molar-refractivity contribution in [2.75, 3.05) is 0 Å². The van der Waals surface area contributed by atoms with Crippen LogP contribution in [0, 0.1) is 11.3 Å². The third kappa shape index (κ3) is 2.69. The van der Waals surface area contributed by atoms with E-state index in [1.54, 1.807) is 6.07 Å². The zero-order valence-corrected chi connectivity index (χ0v) is 13.4. The second kappa shape index (κ2) is 6.29. The first-order valence-corrected chi connectivity index (χ1v) is 8.36. The van der Waals surface area contributed by atoms with E-state index in [0.717, 1.165) is 11.4 Å². The van der Waals surface area contributed by atoms with E-state index in [9.17, 15) is 0 Å². The van der Waals surface area contributed by atoms with Crippen molar-refractivity contribution in [3.63, 3.8) is 0 Å². The maximum atomic E-state index is 8.96. The fraction of sp³-hybridized carbons (Fsp3) is 0.250. The summed E-state index contributed by atoms with van der Waals surface area (Å²) in [6, 6.07) is 16.4. The molecular weight excluding hydrogens is 296 g/mol. The summed E-state index contributed by atoms with van der Waals surface area (Å²) < 4.78 is 0. The largest absolute Gasteiger partial charge is 0.275 e.